The first-order chi connectivity index (χ1) is 20.4. The molecule has 0 bridgehead atoms. The number of nitrogens with zero attached hydrogens (tertiary/aromatic N) is 1. The first-order valence-electron chi connectivity index (χ1n) is 15.1. The molecule has 44 heavy (non-hydrogen) atoms. The monoisotopic (exact) mass is 649 g/mol. The van der Waals surface area contributed by atoms with Crippen LogP contribution in [-0.2, 0) is 24.0 Å². The molecule has 1 saturated heterocycles. The molecule has 1 saturated carbocycles. The van der Waals surface area contributed by atoms with E-state index in [0.717, 1.165) is 12.8 Å². The van der Waals surface area contributed by atoms with Crippen LogP contribution < -0.4 is 21.3 Å². The Morgan fingerprint density at radius 1 is 0.955 bits per heavy atom. The smallest absolute Gasteiger partial charge is 0.349 e. The quantitative estimate of drug-likeness (QED) is 0.199. The Balaban J connectivity index is 2.18. The van der Waals surface area contributed by atoms with E-state index in [0.29, 0.717) is 24.6 Å². The van der Waals surface area contributed by atoms with Crippen LogP contribution in [0.15, 0.2) is 0 Å². The third kappa shape index (κ3) is 11.3. The van der Waals surface area contributed by atoms with Crippen LogP contribution in [-0.4, -0.2) is 95.2 Å². The molecule has 0 radical (unpaired) electrons. The fourth-order valence-electron chi connectivity index (χ4n) is 4.85. The number of amides is 5. The van der Waals surface area contributed by atoms with Crippen molar-refractivity contribution in [1.82, 2.24) is 26.2 Å². The van der Waals surface area contributed by atoms with Gasteiger partial charge in [-0.25, -0.2) is 4.79 Å². The molecule has 2 rings (SSSR count). The summed E-state index contributed by atoms with van der Waals surface area (Å²) in [6, 6.07) is -5.12. The second kappa shape index (κ2) is 15.9. The van der Waals surface area contributed by atoms with Gasteiger partial charge in [0.1, 0.15) is 18.1 Å². The van der Waals surface area contributed by atoms with Gasteiger partial charge in [-0.05, 0) is 43.4 Å². The molecular formula is C29H46F3N5O6S. The zero-order valence-corrected chi connectivity index (χ0v) is 27.1. The van der Waals surface area contributed by atoms with Crippen molar-refractivity contribution >= 4 is 47.1 Å². The van der Waals surface area contributed by atoms with Crippen LogP contribution in [0.5, 0.6) is 0 Å². The molecule has 4 N–H and O–H groups in total. The third-order valence-corrected chi connectivity index (χ3v) is 8.51. The van der Waals surface area contributed by atoms with Crippen molar-refractivity contribution in [3.05, 3.63) is 0 Å². The summed E-state index contributed by atoms with van der Waals surface area (Å²) in [5.74, 6) is -5.51. The predicted octanol–water partition coefficient (Wildman–Crippen LogP) is 2.57. The Morgan fingerprint density at radius 3 is 2.11 bits per heavy atom. The SMILES string of the molecule is CCCNC(=O)C(=O)C(CSCC(F)(F)F)NC(=O)[C@@H]1CCCN1C(=O)C(NC(=O)NC(C(=O)C1CC1)C(C)C)C(C)(C)C. The highest BCUT2D eigenvalue weighted by molar-refractivity contribution is 7.99. The number of likely N-dealkylation sites (tertiary alicyclic amines) is 1. The van der Waals surface area contributed by atoms with Crippen LogP contribution in [0.25, 0.3) is 0 Å². The molecule has 11 nitrogen and oxygen atoms in total. The Morgan fingerprint density at radius 2 is 1.59 bits per heavy atom. The summed E-state index contributed by atoms with van der Waals surface area (Å²) in [5.41, 5.74) is -0.810. The van der Waals surface area contributed by atoms with Gasteiger partial charge in [-0.2, -0.15) is 13.2 Å². The van der Waals surface area contributed by atoms with E-state index in [-0.39, 0.29) is 37.1 Å². The molecule has 4 atom stereocenters. The minimum Gasteiger partial charge on any atom is -0.349 e. The summed E-state index contributed by atoms with van der Waals surface area (Å²) in [6.07, 6.45) is -1.79. The molecule has 2 aliphatic rings. The number of halogens is 3. The standard InChI is InChI=1S/C29H46F3N5O6S/c1-7-12-33-25(41)22(39)18(14-44-15-29(30,31)32)34-24(40)19-9-8-13-37(19)26(42)23(28(4,5)6)36-27(43)35-20(16(2)3)21(38)17-10-11-17/h16-20,23H,7-15H2,1-6H3,(H,33,41)(H,34,40)(H2,35,36,43)/t18?,19-,20?,23?/m0/s1. The van der Waals surface area contributed by atoms with Crippen LogP contribution in [0.4, 0.5) is 18.0 Å². The molecule has 1 aliphatic heterocycles. The fourth-order valence-corrected chi connectivity index (χ4v) is 5.67. The van der Waals surface area contributed by atoms with E-state index in [4.69, 9.17) is 0 Å². The highest BCUT2D eigenvalue weighted by Crippen LogP contribution is 2.32. The number of hydrogen-bond acceptors (Lipinski definition) is 7. The minimum absolute atomic E-state index is 0.0501. The van der Waals surface area contributed by atoms with Gasteiger partial charge in [0, 0.05) is 24.8 Å². The minimum atomic E-state index is -4.51. The molecular weight excluding hydrogens is 603 g/mol. The molecule has 5 amide bonds. The second-order valence-corrected chi connectivity index (χ2v) is 13.8. The number of Topliss-reactive ketones (excluding diaryl/α,β-unsaturated/α-hetero) is 2. The lowest BCUT2D eigenvalue weighted by Gasteiger charge is -2.36. The third-order valence-electron chi connectivity index (χ3n) is 7.41. The molecule has 3 unspecified atom stereocenters. The molecule has 1 heterocycles. The van der Waals surface area contributed by atoms with Gasteiger partial charge in [-0.1, -0.05) is 41.5 Å². The van der Waals surface area contributed by atoms with Gasteiger partial charge >= 0.3 is 12.2 Å². The van der Waals surface area contributed by atoms with Crippen molar-refractivity contribution in [2.24, 2.45) is 17.3 Å². The van der Waals surface area contributed by atoms with Gasteiger partial charge in [0.25, 0.3) is 5.91 Å². The molecule has 0 aromatic rings. The first-order valence-corrected chi connectivity index (χ1v) is 16.2. The maximum atomic E-state index is 13.8. The molecule has 250 valence electrons. The maximum Gasteiger partial charge on any atom is 0.397 e. The van der Waals surface area contributed by atoms with Crippen molar-refractivity contribution in [3.63, 3.8) is 0 Å². The van der Waals surface area contributed by atoms with Crippen molar-refractivity contribution in [1.29, 1.82) is 0 Å². The van der Waals surface area contributed by atoms with Crippen LogP contribution >= 0.6 is 11.8 Å². The van der Waals surface area contributed by atoms with Crippen LogP contribution in [0, 0.1) is 17.3 Å². The van der Waals surface area contributed by atoms with Crippen molar-refractivity contribution in [2.75, 3.05) is 24.6 Å². The molecule has 2 fully saturated rings. The normalized spacial score (nSPS) is 19.1. The summed E-state index contributed by atoms with van der Waals surface area (Å²) in [4.78, 5) is 79.3. The molecule has 0 spiro atoms. The number of carbonyl (C=O) groups excluding carboxylic acids is 6. The van der Waals surface area contributed by atoms with Crippen LogP contribution in [0.1, 0.15) is 73.6 Å². The Kier molecular flexibility index (Phi) is 13.5. The highest BCUT2D eigenvalue weighted by atomic mass is 32.2. The van der Waals surface area contributed by atoms with Gasteiger partial charge in [-0.15, -0.1) is 11.8 Å². The average molecular weight is 650 g/mol. The zero-order chi connectivity index (χ0) is 33.4. The van der Waals surface area contributed by atoms with E-state index < -0.39 is 76.8 Å². The lowest BCUT2D eigenvalue weighted by molar-refractivity contribution is -0.143. The largest absolute Gasteiger partial charge is 0.397 e. The van der Waals surface area contributed by atoms with Crippen molar-refractivity contribution in [3.8, 4) is 0 Å². The van der Waals surface area contributed by atoms with E-state index >= 15 is 0 Å². The van der Waals surface area contributed by atoms with Crippen molar-refractivity contribution < 1.29 is 41.9 Å². The van der Waals surface area contributed by atoms with Gasteiger partial charge in [0.2, 0.25) is 17.6 Å². The van der Waals surface area contributed by atoms with E-state index in [1.807, 2.05) is 13.8 Å². The number of thioether (sulfide) groups is 1. The lowest BCUT2D eigenvalue weighted by atomic mass is 9.85. The van der Waals surface area contributed by atoms with Crippen molar-refractivity contribution in [2.45, 2.75) is 104 Å². The molecule has 0 aromatic carbocycles. The van der Waals surface area contributed by atoms with Gasteiger partial charge in [-0.3, -0.25) is 24.0 Å². The van der Waals surface area contributed by atoms with E-state index in [2.05, 4.69) is 21.3 Å². The van der Waals surface area contributed by atoms with Crippen LogP contribution in [0.3, 0.4) is 0 Å². The number of rotatable bonds is 15. The van der Waals surface area contributed by atoms with E-state index in [1.165, 1.54) is 4.90 Å². The Bertz CT molecular complexity index is 1080. The fraction of sp³-hybridized carbons (Fsp3) is 0.793. The van der Waals surface area contributed by atoms with Crippen LogP contribution in [0.2, 0.25) is 0 Å². The van der Waals surface area contributed by atoms with E-state index in [9.17, 15) is 41.9 Å². The number of ketones is 2. The molecule has 15 heteroatoms. The predicted molar refractivity (Wildman–Crippen MR) is 160 cm³/mol. The summed E-state index contributed by atoms with van der Waals surface area (Å²) >= 11 is 0.359. The topological polar surface area (TPSA) is 154 Å². The lowest BCUT2D eigenvalue weighted by Crippen LogP contribution is -2.61. The van der Waals surface area contributed by atoms with Gasteiger partial charge in [0.05, 0.1) is 11.8 Å². The summed E-state index contributed by atoms with van der Waals surface area (Å²) < 4.78 is 38.3. The summed E-state index contributed by atoms with van der Waals surface area (Å²) in [6.45, 7) is 10.9. The number of nitrogens with one attached hydrogen (secondary N) is 4. The Hall–Kier alpha value is -2.84. The number of carbonyl (C=O) groups is 6. The summed E-state index contributed by atoms with van der Waals surface area (Å²) in [5, 5.41) is 10.2. The zero-order valence-electron chi connectivity index (χ0n) is 26.3. The average Bonchev–Trinajstić information content (AvgIpc) is 3.65. The molecule has 0 aromatic heterocycles. The molecule has 1 aliphatic carbocycles. The first kappa shape index (κ1) is 37.3. The van der Waals surface area contributed by atoms with Gasteiger partial charge in [0.15, 0.2) is 5.78 Å². The van der Waals surface area contributed by atoms with E-state index in [1.54, 1.807) is 27.7 Å². The number of urea groups is 1. The summed E-state index contributed by atoms with van der Waals surface area (Å²) in [7, 11) is 0. The number of hydrogen-bond donors (Lipinski definition) is 4. The Labute approximate surface area is 260 Å². The maximum absolute atomic E-state index is 13.8. The highest BCUT2D eigenvalue weighted by Gasteiger charge is 2.44. The van der Waals surface area contributed by atoms with Gasteiger partial charge < -0.3 is 26.2 Å². The second-order valence-electron chi connectivity index (χ2n) is 12.8. The number of alkyl halides is 3.